The summed E-state index contributed by atoms with van der Waals surface area (Å²) in [7, 11) is 5.52. The second-order valence-corrected chi connectivity index (χ2v) is 5.99. The van der Waals surface area contributed by atoms with Gasteiger partial charge >= 0.3 is 0 Å². The van der Waals surface area contributed by atoms with E-state index in [0.717, 1.165) is 30.9 Å². The van der Waals surface area contributed by atoms with Gasteiger partial charge in [-0.1, -0.05) is 18.2 Å². The number of fused-ring (bicyclic) bond motifs is 1. The number of phenolic OH excluding ortho intramolecular Hbond substituents is 1. The van der Waals surface area contributed by atoms with E-state index in [0.29, 0.717) is 5.75 Å². The predicted octanol–water partition coefficient (Wildman–Crippen LogP) is 3.18. The summed E-state index contributed by atoms with van der Waals surface area (Å²) >= 11 is 0. The molecule has 1 unspecified atom stereocenters. The molecule has 0 spiro atoms. The number of ether oxygens (including phenoxy) is 2. The number of phenols is 1. The van der Waals surface area contributed by atoms with Crippen LogP contribution >= 0.6 is 0 Å². The van der Waals surface area contributed by atoms with Crippen LogP contribution in [0, 0.1) is 0 Å². The molecule has 1 atom stereocenters. The van der Waals surface area contributed by atoms with E-state index in [1.165, 1.54) is 16.7 Å². The number of hydrogen-bond donors (Lipinski definition) is 1. The Balaban J connectivity index is 2.02. The molecule has 122 valence electrons. The molecule has 2 aromatic rings. The van der Waals surface area contributed by atoms with E-state index in [9.17, 15) is 5.11 Å². The monoisotopic (exact) mass is 313 g/mol. The van der Waals surface area contributed by atoms with Gasteiger partial charge in [-0.25, -0.2) is 0 Å². The zero-order valence-corrected chi connectivity index (χ0v) is 13.9. The SMILES string of the molecule is COc1ccc2c(c1OC)C(Cc1ccc(O)cc1)N(C)CC2. The number of nitrogens with zero attached hydrogens (tertiary/aromatic N) is 1. The molecule has 23 heavy (non-hydrogen) atoms. The van der Waals surface area contributed by atoms with Crippen LogP contribution in [0.25, 0.3) is 0 Å². The number of likely N-dealkylation sites (N-methyl/N-ethyl adjacent to an activating group) is 1. The summed E-state index contributed by atoms with van der Waals surface area (Å²) in [5, 5.41) is 9.48. The third-order valence-corrected chi connectivity index (χ3v) is 4.64. The summed E-state index contributed by atoms with van der Waals surface area (Å²) in [5.41, 5.74) is 3.73. The summed E-state index contributed by atoms with van der Waals surface area (Å²) in [5.74, 6) is 1.91. The van der Waals surface area contributed by atoms with Crippen LogP contribution in [0.3, 0.4) is 0 Å². The van der Waals surface area contributed by atoms with Gasteiger partial charge in [0.2, 0.25) is 0 Å². The Labute approximate surface area is 137 Å². The van der Waals surface area contributed by atoms with Crippen LogP contribution in [0.1, 0.15) is 22.7 Å². The van der Waals surface area contributed by atoms with Gasteiger partial charge in [0.15, 0.2) is 11.5 Å². The van der Waals surface area contributed by atoms with Crippen molar-refractivity contribution in [2.75, 3.05) is 27.8 Å². The highest BCUT2D eigenvalue weighted by molar-refractivity contribution is 5.53. The topological polar surface area (TPSA) is 41.9 Å². The molecule has 1 aliphatic rings. The highest BCUT2D eigenvalue weighted by atomic mass is 16.5. The van der Waals surface area contributed by atoms with E-state index < -0.39 is 0 Å². The van der Waals surface area contributed by atoms with Crippen molar-refractivity contribution in [3.05, 3.63) is 53.1 Å². The van der Waals surface area contributed by atoms with Crippen LogP contribution in [0.2, 0.25) is 0 Å². The molecule has 1 N–H and O–H groups in total. The third-order valence-electron chi connectivity index (χ3n) is 4.64. The lowest BCUT2D eigenvalue weighted by atomic mass is 9.88. The van der Waals surface area contributed by atoms with Gasteiger partial charge in [-0.05, 0) is 49.2 Å². The van der Waals surface area contributed by atoms with Crippen molar-refractivity contribution in [3.63, 3.8) is 0 Å². The van der Waals surface area contributed by atoms with E-state index in [1.807, 2.05) is 18.2 Å². The van der Waals surface area contributed by atoms with Gasteiger partial charge < -0.3 is 14.6 Å². The summed E-state index contributed by atoms with van der Waals surface area (Å²) in [6, 6.07) is 11.8. The maximum Gasteiger partial charge on any atom is 0.165 e. The summed E-state index contributed by atoms with van der Waals surface area (Å²) in [4.78, 5) is 2.36. The van der Waals surface area contributed by atoms with E-state index >= 15 is 0 Å². The molecule has 1 heterocycles. The maximum atomic E-state index is 9.48. The van der Waals surface area contributed by atoms with Crippen LogP contribution in [-0.2, 0) is 12.8 Å². The number of aromatic hydroxyl groups is 1. The standard InChI is InChI=1S/C19H23NO3/c1-20-11-10-14-6-9-17(22-2)19(23-3)18(14)16(20)12-13-4-7-15(21)8-5-13/h4-9,16,21H,10-12H2,1-3H3. The van der Waals surface area contributed by atoms with E-state index in [1.54, 1.807) is 26.4 Å². The second kappa shape index (κ2) is 6.50. The molecule has 0 bridgehead atoms. The average Bonchev–Trinajstić information content (AvgIpc) is 2.58. The van der Waals surface area contributed by atoms with Gasteiger partial charge in [-0.2, -0.15) is 0 Å². The fourth-order valence-electron chi connectivity index (χ4n) is 3.36. The highest BCUT2D eigenvalue weighted by Gasteiger charge is 2.30. The Morgan fingerprint density at radius 1 is 1.09 bits per heavy atom. The minimum atomic E-state index is 0.230. The molecule has 0 aliphatic carbocycles. The molecule has 1 aliphatic heterocycles. The molecule has 0 fully saturated rings. The largest absolute Gasteiger partial charge is 0.508 e. The average molecular weight is 313 g/mol. The second-order valence-electron chi connectivity index (χ2n) is 5.99. The predicted molar refractivity (Wildman–Crippen MR) is 90.4 cm³/mol. The van der Waals surface area contributed by atoms with Gasteiger partial charge in [0.25, 0.3) is 0 Å². The number of hydrogen-bond acceptors (Lipinski definition) is 4. The minimum absolute atomic E-state index is 0.230. The quantitative estimate of drug-likeness (QED) is 0.941. The van der Waals surface area contributed by atoms with E-state index in [-0.39, 0.29) is 6.04 Å². The number of rotatable bonds is 4. The van der Waals surface area contributed by atoms with Crippen molar-refractivity contribution >= 4 is 0 Å². The Morgan fingerprint density at radius 3 is 2.48 bits per heavy atom. The minimum Gasteiger partial charge on any atom is -0.508 e. The van der Waals surface area contributed by atoms with Gasteiger partial charge in [0.05, 0.1) is 14.2 Å². The molecule has 0 saturated carbocycles. The Hall–Kier alpha value is -2.20. The zero-order chi connectivity index (χ0) is 16.4. The lowest BCUT2D eigenvalue weighted by Gasteiger charge is -2.36. The number of methoxy groups -OCH3 is 2. The van der Waals surface area contributed by atoms with Crippen LogP contribution in [0.5, 0.6) is 17.2 Å². The normalized spacial score (nSPS) is 17.6. The molecule has 3 rings (SSSR count). The fraction of sp³-hybridized carbons (Fsp3) is 0.368. The Bertz CT molecular complexity index is 682. The summed E-state index contributed by atoms with van der Waals surface area (Å²) < 4.78 is 11.2. The molecule has 0 aromatic heterocycles. The summed E-state index contributed by atoms with van der Waals surface area (Å²) in [6.07, 6.45) is 1.88. The Kier molecular flexibility index (Phi) is 4.44. The first kappa shape index (κ1) is 15.7. The molecule has 4 nitrogen and oxygen atoms in total. The molecular formula is C19H23NO3. The molecule has 4 heteroatoms. The van der Waals surface area contributed by atoms with Crippen LogP contribution < -0.4 is 9.47 Å². The van der Waals surface area contributed by atoms with Crippen LogP contribution in [0.4, 0.5) is 0 Å². The lowest BCUT2D eigenvalue weighted by Crippen LogP contribution is -2.33. The van der Waals surface area contributed by atoms with Crippen molar-refractivity contribution in [2.45, 2.75) is 18.9 Å². The first-order valence-electron chi connectivity index (χ1n) is 7.86. The van der Waals surface area contributed by atoms with Crippen LogP contribution in [-0.4, -0.2) is 37.8 Å². The number of benzene rings is 2. The van der Waals surface area contributed by atoms with Gasteiger partial charge in [-0.3, -0.25) is 4.90 Å². The smallest absolute Gasteiger partial charge is 0.165 e. The van der Waals surface area contributed by atoms with Crippen molar-refractivity contribution in [3.8, 4) is 17.2 Å². The maximum absolute atomic E-state index is 9.48. The Morgan fingerprint density at radius 2 is 1.83 bits per heavy atom. The molecule has 0 radical (unpaired) electrons. The van der Waals surface area contributed by atoms with Crippen molar-refractivity contribution in [1.82, 2.24) is 4.90 Å². The lowest BCUT2D eigenvalue weighted by molar-refractivity contribution is 0.220. The van der Waals surface area contributed by atoms with E-state index in [2.05, 4.69) is 18.0 Å². The van der Waals surface area contributed by atoms with Crippen molar-refractivity contribution < 1.29 is 14.6 Å². The molecule has 2 aromatic carbocycles. The first-order valence-corrected chi connectivity index (χ1v) is 7.86. The van der Waals surface area contributed by atoms with Gasteiger partial charge in [0, 0.05) is 18.2 Å². The first-order chi connectivity index (χ1) is 11.1. The van der Waals surface area contributed by atoms with Gasteiger partial charge in [-0.15, -0.1) is 0 Å². The summed E-state index contributed by atoms with van der Waals surface area (Å²) in [6.45, 7) is 1.02. The molecule has 0 saturated heterocycles. The van der Waals surface area contributed by atoms with Crippen LogP contribution in [0.15, 0.2) is 36.4 Å². The van der Waals surface area contributed by atoms with Gasteiger partial charge in [0.1, 0.15) is 5.75 Å². The van der Waals surface area contributed by atoms with E-state index in [4.69, 9.17) is 9.47 Å². The molecular weight excluding hydrogens is 290 g/mol. The van der Waals surface area contributed by atoms with Crippen molar-refractivity contribution in [1.29, 1.82) is 0 Å². The fourth-order valence-corrected chi connectivity index (χ4v) is 3.36. The van der Waals surface area contributed by atoms with Crippen molar-refractivity contribution in [2.24, 2.45) is 0 Å². The zero-order valence-electron chi connectivity index (χ0n) is 13.9. The molecule has 0 amide bonds. The highest BCUT2D eigenvalue weighted by Crippen LogP contribution is 2.42. The third kappa shape index (κ3) is 2.99.